The van der Waals surface area contributed by atoms with E-state index in [1.807, 2.05) is 0 Å². The van der Waals surface area contributed by atoms with Crippen molar-refractivity contribution in [2.45, 2.75) is 109 Å². The third kappa shape index (κ3) is 4.28. The fourth-order valence-corrected chi connectivity index (χ4v) is 9.51. The molecule has 0 heterocycles. The number of allylic oxidation sites excluding steroid dienone is 4. The van der Waals surface area contributed by atoms with Gasteiger partial charge in [0.25, 0.3) is 0 Å². The van der Waals surface area contributed by atoms with Crippen LogP contribution in [0, 0.1) is 40.4 Å². The van der Waals surface area contributed by atoms with E-state index in [1.54, 1.807) is 13.8 Å². The van der Waals surface area contributed by atoms with Gasteiger partial charge in [0, 0.05) is 35.5 Å². The van der Waals surface area contributed by atoms with Gasteiger partial charge < -0.3 is 19.3 Å². The van der Waals surface area contributed by atoms with Gasteiger partial charge in [-0.15, -0.1) is 0 Å². The fourth-order valence-electron chi connectivity index (χ4n) is 9.51. The Hall–Kier alpha value is -2.36. The minimum atomic E-state index is -2.37. The largest absolute Gasteiger partial charge is 0.509 e. The predicted octanol–water partition coefficient (Wildman–Crippen LogP) is 6.48. The third-order valence-electron chi connectivity index (χ3n) is 11.9. The lowest BCUT2D eigenvalue weighted by Gasteiger charge is -2.62. The number of esters is 1. The molecule has 5 rings (SSSR count). The van der Waals surface area contributed by atoms with Gasteiger partial charge in [0.1, 0.15) is 11.9 Å². The minimum Gasteiger partial charge on any atom is -0.431 e. The van der Waals surface area contributed by atoms with Crippen LogP contribution in [0.5, 0.6) is 0 Å². The van der Waals surface area contributed by atoms with Gasteiger partial charge in [0.2, 0.25) is 12.5 Å². The smallest absolute Gasteiger partial charge is 0.431 e. The molecule has 0 aliphatic heterocycles. The van der Waals surface area contributed by atoms with Crippen LogP contribution in [0.2, 0.25) is 0 Å². The summed E-state index contributed by atoms with van der Waals surface area (Å²) < 4.78 is 63.1. The summed E-state index contributed by atoms with van der Waals surface area (Å²) in [7, 11) is 0. The first-order valence-corrected chi connectivity index (χ1v) is 15.3. The lowest BCUT2D eigenvalue weighted by Crippen LogP contribution is -2.70. The molecule has 234 valence electrons. The van der Waals surface area contributed by atoms with Crippen LogP contribution in [-0.4, -0.2) is 53.4 Å². The monoisotopic (exact) mass is 596 g/mol. The van der Waals surface area contributed by atoms with Crippen LogP contribution in [0.4, 0.5) is 18.0 Å². The van der Waals surface area contributed by atoms with Gasteiger partial charge in [-0.1, -0.05) is 33.8 Å². The van der Waals surface area contributed by atoms with E-state index in [-0.39, 0.29) is 37.0 Å². The van der Waals surface area contributed by atoms with Crippen molar-refractivity contribution < 1.29 is 46.9 Å². The number of hydrogen-bond donors (Lipinski definition) is 1. The number of ketones is 1. The van der Waals surface area contributed by atoms with Gasteiger partial charge in [0.05, 0.1) is 6.10 Å². The van der Waals surface area contributed by atoms with Gasteiger partial charge in [-0.05, 0) is 74.9 Å². The molecule has 1 N–H and O–H groups in total. The Bertz CT molecular complexity index is 1190. The summed E-state index contributed by atoms with van der Waals surface area (Å²) in [4.78, 5) is 39.1. The molecule has 3 saturated carbocycles. The molecule has 10 heteroatoms. The standard InChI is InChI=1S/C32H43F3O7/c1-17(2)19-6-8-21(9-7-19)41-28(39)42-32(27(38)40-16-33)18(3)12-22-23-14-25(34)24-13-20(36)10-11-29(24,4)31(23,35)26(37)15-30(22,32)5/h10-11,17-19,21-23,26,37H,6-9,12-16H2,1-5H3/t18-,19?,21?,22+,23+,26+,29+,30+,31+,32+/m1/s1. The molecule has 0 unspecified atom stereocenters. The molecular formula is C32H43F3O7. The van der Waals surface area contributed by atoms with Crippen LogP contribution in [0.25, 0.3) is 0 Å². The summed E-state index contributed by atoms with van der Waals surface area (Å²) in [5.41, 5.74) is -7.46. The third-order valence-corrected chi connectivity index (χ3v) is 11.9. The zero-order valence-electron chi connectivity index (χ0n) is 25.1. The Kier molecular flexibility index (Phi) is 7.89. The lowest BCUT2D eigenvalue weighted by atomic mass is 9.45. The van der Waals surface area contributed by atoms with Crippen molar-refractivity contribution in [1.82, 2.24) is 0 Å². The molecule has 0 aromatic carbocycles. The molecule has 0 aromatic rings. The Labute approximate surface area is 245 Å². The van der Waals surface area contributed by atoms with Crippen molar-refractivity contribution in [3.05, 3.63) is 23.6 Å². The number of aliphatic hydroxyl groups excluding tert-OH is 1. The molecular weight excluding hydrogens is 553 g/mol. The summed E-state index contributed by atoms with van der Waals surface area (Å²) in [6.07, 6.45) is 1.53. The highest BCUT2D eigenvalue weighted by atomic mass is 19.1. The van der Waals surface area contributed by atoms with Crippen LogP contribution < -0.4 is 0 Å². The molecule has 0 saturated heterocycles. The van der Waals surface area contributed by atoms with E-state index in [0.717, 1.165) is 12.8 Å². The van der Waals surface area contributed by atoms with E-state index in [2.05, 4.69) is 13.8 Å². The number of hydrogen-bond acceptors (Lipinski definition) is 7. The average molecular weight is 597 g/mol. The number of rotatable bonds is 5. The molecule has 0 amide bonds. The van der Waals surface area contributed by atoms with E-state index in [9.17, 15) is 23.9 Å². The molecule has 0 radical (unpaired) electrons. The Morgan fingerprint density at radius 3 is 2.43 bits per heavy atom. The molecule has 8 atom stereocenters. The highest BCUT2D eigenvalue weighted by Crippen LogP contribution is 2.71. The molecule has 5 aliphatic rings. The molecule has 0 spiro atoms. The van der Waals surface area contributed by atoms with Crippen molar-refractivity contribution in [3.63, 3.8) is 0 Å². The van der Waals surface area contributed by atoms with Crippen molar-refractivity contribution in [2.24, 2.45) is 40.4 Å². The van der Waals surface area contributed by atoms with Gasteiger partial charge in [0.15, 0.2) is 11.5 Å². The maximum atomic E-state index is 17.5. The van der Waals surface area contributed by atoms with Gasteiger partial charge in [-0.3, -0.25) is 4.79 Å². The topological polar surface area (TPSA) is 99.1 Å². The van der Waals surface area contributed by atoms with Crippen LogP contribution in [0.3, 0.4) is 0 Å². The lowest BCUT2D eigenvalue weighted by molar-refractivity contribution is -0.231. The second kappa shape index (κ2) is 10.7. The second-order valence-corrected chi connectivity index (χ2v) is 14.0. The molecule has 3 fully saturated rings. The second-order valence-electron chi connectivity index (χ2n) is 14.0. The summed E-state index contributed by atoms with van der Waals surface area (Å²) >= 11 is 0. The highest BCUT2D eigenvalue weighted by Gasteiger charge is 2.78. The minimum absolute atomic E-state index is 0.0255. The molecule has 0 aromatic heterocycles. The number of fused-ring (bicyclic) bond motifs is 5. The van der Waals surface area contributed by atoms with Crippen LogP contribution in [0.15, 0.2) is 23.6 Å². The van der Waals surface area contributed by atoms with E-state index >= 15 is 8.78 Å². The first-order chi connectivity index (χ1) is 19.7. The van der Waals surface area contributed by atoms with E-state index in [4.69, 9.17) is 14.2 Å². The summed E-state index contributed by atoms with van der Waals surface area (Å²) in [5.74, 6) is -3.71. The summed E-state index contributed by atoms with van der Waals surface area (Å²) in [6.45, 7) is 7.57. The molecule has 0 bridgehead atoms. The normalized spacial score (nSPS) is 44.8. The summed E-state index contributed by atoms with van der Waals surface area (Å²) in [5, 5.41) is 11.6. The average Bonchev–Trinajstić information content (AvgIpc) is 3.14. The number of carbonyl (C=O) groups excluding carboxylic acids is 3. The predicted molar refractivity (Wildman–Crippen MR) is 146 cm³/mol. The maximum absolute atomic E-state index is 17.5. The van der Waals surface area contributed by atoms with Gasteiger partial charge in [-0.2, -0.15) is 0 Å². The zero-order chi connectivity index (χ0) is 30.8. The molecule has 5 aliphatic carbocycles. The number of halogens is 3. The zero-order valence-corrected chi connectivity index (χ0v) is 25.1. The van der Waals surface area contributed by atoms with Crippen LogP contribution in [-0.2, 0) is 23.8 Å². The number of aliphatic hydroxyl groups is 1. The van der Waals surface area contributed by atoms with Crippen molar-refractivity contribution in [3.8, 4) is 0 Å². The van der Waals surface area contributed by atoms with Gasteiger partial charge in [-0.25, -0.2) is 22.8 Å². The van der Waals surface area contributed by atoms with Crippen molar-refractivity contribution in [1.29, 1.82) is 0 Å². The molecule has 7 nitrogen and oxygen atoms in total. The maximum Gasteiger partial charge on any atom is 0.509 e. The van der Waals surface area contributed by atoms with Crippen LogP contribution >= 0.6 is 0 Å². The van der Waals surface area contributed by atoms with E-state index in [0.29, 0.717) is 24.7 Å². The SMILES string of the molecule is CC(C)C1CCC(OC(=O)O[C@]2(C(=O)OCF)[C@H](C)C[C@H]3[C@@H]4CC(F)=C5CC(=O)C=C[C@]5(C)[C@@]4(F)[C@@H](O)C[C@@]32C)CC1. The fraction of sp³-hybridized carbons (Fsp3) is 0.781. The Morgan fingerprint density at radius 2 is 1.81 bits per heavy atom. The number of carbonyl (C=O) groups is 3. The summed E-state index contributed by atoms with van der Waals surface area (Å²) in [6, 6.07) is 0. The molecule has 42 heavy (non-hydrogen) atoms. The van der Waals surface area contributed by atoms with Gasteiger partial charge >= 0.3 is 12.1 Å². The van der Waals surface area contributed by atoms with E-state index in [1.165, 1.54) is 19.1 Å². The van der Waals surface area contributed by atoms with Crippen LogP contribution in [0.1, 0.15) is 86.0 Å². The van der Waals surface area contributed by atoms with Crippen molar-refractivity contribution >= 4 is 17.9 Å². The highest BCUT2D eigenvalue weighted by molar-refractivity contribution is 5.93. The van der Waals surface area contributed by atoms with Crippen molar-refractivity contribution in [2.75, 3.05) is 6.86 Å². The van der Waals surface area contributed by atoms with E-state index < -0.39 is 76.9 Å². The number of alkyl halides is 2. The first-order valence-electron chi connectivity index (χ1n) is 15.3. The Balaban J connectivity index is 1.49. The number of ether oxygens (including phenoxy) is 3. The first kappa shape index (κ1) is 31.1. The quantitative estimate of drug-likeness (QED) is 0.363. The Morgan fingerprint density at radius 1 is 1.14 bits per heavy atom.